The van der Waals surface area contributed by atoms with Crippen molar-refractivity contribution in [1.82, 2.24) is 29.8 Å². The average Bonchev–Trinajstić information content (AvgIpc) is 3.20. The molecule has 1 aliphatic rings. The monoisotopic (exact) mass is 420 g/mol. The van der Waals surface area contributed by atoms with Gasteiger partial charge in [-0.05, 0) is 32.0 Å². The molecule has 31 heavy (non-hydrogen) atoms. The van der Waals surface area contributed by atoms with Crippen molar-refractivity contribution in [1.29, 1.82) is 0 Å². The minimum absolute atomic E-state index is 0.00854. The van der Waals surface area contributed by atoms with Crippen molar-refractivity contribution in [2.75, 3.05) is 32.8 Å². The van der Waals surface area contributed by atoms with Crippen LogP contribution in [0.25, 0.3) is 5.82 Å². The van der Waals surface area contributed by atoms with Crippen LogP contribution in [0, 0.1) is 6.92 Å². The molecule has 0 saturated carbocycles. The Labute approximate surface area is 180 Å². The lowest BCUT2D eigenvalue weighted by Crippen LogP contribution is -2.50. The van der Waals surface area contributed by atoms with Crippen molar-refractivity contribution < 1.29 is 14.3 Å². The van der Waals surface area contributed by atoms with Crippen LogP contribution in [0.15, 0.2) is 48.7 Å². The van der Waals surface area contributed by atoms with Crippen LogP contribution in [0.4, 0.5) is 0 Å². The van der Waals surface area contributed by atoms with Crippen molar-refractivity contribution >= 4 is 11.8 Å². The smallest absolute Gasteiger partial charge is 0.257 e. The summed E-state index contributed by atoms with van der Waals surface area (Å²) < 4.78 is 6.90. The molecule has 0 unspecified atom stereocenters. The summed E-state index contributed by atoms with van der Waals surface area (Å²) in [5, 5.41) is 12.5. The van der Waals surface area contributed by atoms with Gasteiger partial charge in [-0.1, -0.05) is 18.2 Å². The van der Waals surface area contributed by atoms with Gasteiger partial charge in [-0.2, -0.15) is 5.10 Å². The standard InChI is InChI=1S/C22H24N6O3/c1-3-31-20-10-9-19(24-25-20)28-16(2)18(15-23-28)22(30)27-13-11-26(12-14-27)21(29)17-7-5-4-6-8-17/h4-10,15H,3,11-14H2,1-2H3. The van der Waals surface area contributed by atoms with Crippen LogP contribution in [-0.2, 0) is 0 Å². The Morgan fingerprint density at radius 1 is 0.935 bits per heavy atom. The molecule has 3 aromatic rings. The predicted molar refractivity (Wildman–Crippen MR) is 113 cm³/mol. The third-order valence-electron chi connectivity index (χ3n) is 5.25. The maximum absolute atomic E-state index is 13.1. The molecule has 0 spiro atoms. The number of hydrogen-bond acceptors (Lipinski definition) is 6. The number of hydrogen-bond donors (Lipinski definition) is 0. The van der Waals surface area contributed by atoms with Gasteiger partial charge in [-0.25, -0.2) is 4.68 Å². The number of benzene rings is 1. The number of rotatable bonds is 5. The molecule has 0 N–H and O–H groups in total. The molecule has 1 aliphatic heterocycles. The summed E-state index contributed by atoms with van der Waals surface area (Å²) in [6, 6.07) is 12.7. The second kappa shape index (κ2) is 8.95. The first-order valence-corrected chi connectivity index (χ1v) is 10.2. The van der Waals surface area contributed by atoms with Crippen molar-refractivity contribution in [3.8, 4) is 11.7 Å². The highest BCUT2D eigenvalue weighted by Gasteiger charge is 2.27. The Kier molecular flexibility index (Phi) is 5.92. The highest BCUT2D eigenvalue weighted by molar-refractivity contribution is 5.96. The van der Waals surface area contributed by atoms with E-state index >= 15 is 0 Å². The zero-order valence-corrected chi connectivity index (χ0v) is 17.6. The molecule has 2 aromatic heterocycles. The van der Waals surface area contributed by atoms with Crippen LogP contribution in [0.5, 0.6) is 5.88 Å². The molecule has 0 radical (unpaired) electrons. The lowest BCUT2D eigenvalue weighted by molar-refractivity contribution is 0.0535. The van der Waals surface area contributed by atoms with E-state index in [9.17, 15) is 9.59 Å². The predicted octanol–water partition coefficient (Wildman–Crippen LogP) is 1.97. The Bertz CT molecular complexity index is 1060. The fraction of sp³-hybridized carbons (Fsp3) is 0.318. The first-order chi connectivity index (χ1) is 15.1. The number of aromatic nitrogens is 4. The normalized spacial score (nSPS) is 13.9. The molecule has 2 amide bonds. The van der Waals surface area contributed by atoms with Gasteiger partial charge < -0.3 is 14.5 Å². The summed E-state index contributed by atoms with van der Waals surface area (Å²) in [5.41, 5.74) is 1.86. The van der Waals surface area contributed by atoms with E-state index in [1.54, 1.807) is 44.9 Å². The summed E-state index contributed by atoms with van der Waals surface area (Å²) >= 11 is 0. The van der Waals surface area contributed by atoms with E-state index in [0.717, 1.165) is 0 Å². The van der Waals surface area contributed by atoms with Gasteiger partial charge >= 0.3 is 0 Å². The van der Waals surface area contributed by atoms with Crippen LogP contribution >= 0.6 is 0 Å². The van der Waals surface area contributed by atoms with Gasteiger partial charge in [0, 0.05) is 37.8 Å². The number of carbonyl (C=O) groups excluding carboxylic acids is 2. The Morgan fingerprint density at radius 3 is 2.23 bits per heavy atom. The Balaban J connectivity index is 1.42. The summed E-state index contributed by atoms with van der Waals surface area (Å²) in [4.78, 5) is 29.2. The zero-order chi connectivity index (χ0) is 21.8. The lowest BCUT2D eigenvalue weighted by atomic mass is 10.1. The molecule has 1 saturated heterocycles. The minimum atomic E-state index is -0.102. The molecule has 0 bridgehead atoms. The van der Waals surface area contributed by atoms with Crippen LogP contribution in [0.1, 0.15) is 33.3 Å². The van der Waals surface area contributed by atoms with E-state index in [1.807, 2.05) is 32.0 Å². The summed E-state index contributed by atoms with van der Waals surface area (Å²) in [5.74, 6) is 0.841. The van der Waals surface area contributed by atoms with Crippen molar-refractivity contribution in [3.63, 3.8) is 0 Å². The topological polar surface area (TPSA) is 93.5 Å². The Hall–Kier alpha value is -3.75. The maximum Gasteiger partial charge on any atom is 0.257 e. The molecule has 0 aliphatic carbocycles. The highest BCUT2D eigenvalue weighted by atomic mass is 16.5. The van der Waals surface area contributed by atoms with Gasteiger partial charge in [0.05, 0.1) is 24.1 Å². The first kappa shape index (κ1) is 20.5. The second-order valence-electron chi connectivity index (χ2n) is 7.17. The third kappa shape index (κ3) is 4.25. The summed E-state index contributed by atoms with van der Waals surface area (Å²) in [6.07, 6.45) is 1.55. The number of nitrogens with zero attached hydrogens (tertiary/aromatic N) is 6. The van der Waals surface area contributed by atoms with Gasteiger partial charge in [0.25, 0.3) is 11.8 Å². The molecule has 160 valence electrons. The molecular formula is C22H24N6O3. The van der Waals surface area contributed by atoms with Crippen LogP contribution in [0.3, 0.4) is 0 Å². The van der Waals surface area contributed by atoms with E-state index in [0.29, 0.717) is 61.3 Å². The van der Waals surface area contributed by atoms with Gasteiger partial charge in [0.2, 0.25) is 5.88 Å². The van der Waals surface area contributed by atoms with Gasteiger partial charge in [-0.3, -0.25) is 9.59 Å². The third-order valence-corrected chi connectivity index (χ3v) is 5.25. The number of carbonyl (C=O) groups is 2. The van der Waals surface area contributed by atoms with E-state index in [1.165, 1.54) is 0 Å². The average molecular weight is 420 g/mol. The van der Waals surface area contributed by atoms with Crippen molar-refractivity contribution in [2.45, 2.75) is 13.8 Å². The SMILES string of the molecule is CCOc1ccc(-n2ncc(C(=O)N3CCN(C(=O)c4ccccc4)CC3)c2C)nn1. The molecule has 4 rings (SSSR count). The van der Waals surface area contributed by atoms with Gasteiger partial charge in [-0.15, -0.1) is 10.2 Å². The van der Waals surface area contributed by atoms with Crippen LogP contribution in [0.2, 0.25) is 0 Å². The van der Waals surface area contributed by atoms with E-state index in [2.05, 4.69) is 15.3 Å². The zero-order valence-electron chi connectivity index (χ0n) is 17.6. The highest BCUT2D eigenvalue weighted by Crippen LogP contribution is 2.17. The number of piperazine rings is 1. The maximum atomic E-state index is 13.1. The molecule has 3 heterocycles. The quantitative estimate of drug-likeness (QED) is 0.627. The molecular weight excluding hydrogens is 396 g/mol. The summed E-state index contributed by atoms with van der Waals surface area (Å²) in [7, 11) is 0. The number of amides is 2. The Morgan fingerprint density at radius 2 is 1.61 bits per heavy atom. The van der Waals surface area contributed by atoms with Crippen molar-refractivity contribution in [3.05, 3.63) is 65.5 Å². The van der Waals surface area contributed by atoms with E-state index in [4.69, 9.17) is 4.74 Å². The van der Waals surface area contributed by atoms with E-state index in [-0.39, 0.29) is 11.8 Å². The molecule has 0 atom stereocenters. The molecule has 9 heteroatoms. The minimum Gasteiger partial charge on any atom is -0.477 e. The first-order valence-electron chi connectivity index (χ1n) is 10.2. The fourth-order valence-electron chi connectivity index (χ4n) is 3.55. The largest absolute Gasteiger partial charge is 0.477 e. The van der Waals surface area contributed by atoms with Crippen molar-refractivity contribution in [2.24, 2.45) is 0 Å². The number of ether oxygens (including phenoxy) is 1. The lowest BCUT2D eigenvalue weighted by Gasteiger charge is -2.34. The van der Waals surface area contributed by atoms with E-state index < -0.39 is 0 Å². The van der Waals surface area contributed by atoms with Crippen LogP contribution < -0.4 is 4.74 Å². The van der Waals surface area contributed by atoms with Gasteiger partial charge in [0.1, 0.15) is 0 Å². The second-order valence-corrected chi connectivity index (χ2v) is 7.17. The molecule has 1 fully saturated rings. The molecule has 1 aromatic carbocycles. The summed E-state index contributed by atoms with van der Waals surface area (Å²) in [6.45, 7) is 6.16. The fourth-order valence-corrected chi connectivity index (χ4v) is 3.55. The van der Waals surface area contributed by atoms with Crippen LogP contribution in [-0.4, -0.2) is 74.4 Å². The molecule has 9 nitrogen and oxygen atoms in total. The van der Waals surface area contributed by atoms with Gasteiger partial charge in [0.15, 0.2) is 5.82 Å².